The fraction of sp³-hybridized carbons (Fsp3) is 0.647. The summed E-state index contributed by atoms with van der Waals surface area (Å²) in [6.07, 6.45) is 0.971. The summed E-state index contributed by atoms with van der Waals surface area (Å²) in [6.45, 7) is 12.3. The zero-order valence-corrected chi connectivity index (χ0v) is 15.2. The predicted octanol–water partition coefficient (Wildman–Crippen LogP) is 4.28. The Bertz CT molecular complexity index is 500. The Labute approximate surface area is 136 Å². The highest BCUT2D eigenvalue weighted by Gasteiger charge is 2.47. The average Bonchev–Trinajstić information content (AvgIpc) is 2.57. The van der Waals surface area contributed by atoms with Crippen LogP contribution in [-0.4, -0.2) is 23.9 Å². The van der Waals surface area contributed by atoms with Gasteiger partial charge in [0.15, 0.2) is 0 Å². The third-order valence-electron chi connectivity index (χ3n) is 3.85. The van der Waals surface area contributed by atoms with Gasteiger partial charge < -0.3 is 14.8 Å². The number of hydrogen-bond donors (Lipinski definition) is 1. The van der Waals surface area contributed by atoms with E-state index in [2.05, 4.69) is 68.0 Å². The highest BCUT2D eigenvalue weighted by atomic mass is 79.9. The largest absolute Gasteiger partial charge is 0.487 e. The van der Waals surface area contributed by atoms with E-state index in [0.717, 1.165) is 29.7 Å². The minimum absolute atomic E-state index is 0.0701. The standard InChI is InChI=1S/C17H26BrNO2/c1-6-19-11-12-9-13(7-8-14(12)18)20-15-10-16(2,3)21-17(15,4)5/h7-9,15,19H,6,10-11H2,1-5H3. The maximum atomic E-state index is 6.23. The van der Waals surface area contributed by atoms with Gasteiger partial charge >= 0.3 is 0 Å². The van der Waals surface area contributed by atoms with Gasteiger partial charge in [0.2, 0.25) is 0 Å². The summed E-state index contributed by atoms with van der Waals surface area (Å²) < 4.78 is 13.4. The van der Waals surface area contributed by atoms with Crippen molar-refractivity contribution in [3.63, 3.8) is 0 Å². The first-order valence-electron chi connectivity index (χ1n) is 7.59. The fourth-order valence-electron chi connectivity index (χ4n) is 2.88. The van der Waals surface area contributed by atoms with Crippen LogP contribution in [0, 0.1) is 0 Å². The number of nitrogens with one attached hydrogen (secondary N) is 1. The van der Waals surface area contributed by atoms with Gasteiger partial charge in [-0.3, -0.25) is 0 Å². The van der Waals surface area contributed by atoms with Gasteiger partial charge in [-0.15, -0.1) is 0 Å². The van der Waals surface area contributed by atoms with Crippen LogP contribution in [0.15, 0.2) is 22.7 Å². The van der Waals surface area contributed by atoms with Crippen molar-refractivity contribution in [2.75, 3.05) is 6.54 Å². The second kappa shape index (κ2) is 6.27. The number of benzene rings is 1. The second-order valence-electron chi connectivity index (χ2n) is 6.81. The Morgan fingerprint density at radius 1 is 1.33 bits per heavy atom. The topological polar surface area (TPSA) is 30.5 Å². The Kier molecular flexibility index (Phi) is 5.01. The highest BCUT2D eigenvalue weighted by Crippen LogP contribution is 2.39. The lowest BCUT2D eigenvalue weighted by Gasteiger charge is -2.27. The van der Waals surface area contributed by atoms with Gasteiger partial charge in [0.25, 0.3) is 0 Å². The molecular formula is C17H26BrNO2. The molecule has 1 aromatic carbocycles. The van der Waals surface area contributed by atoms with Gasteiger partial charge in [-0.05, 0) is 58.0 Å². The molecule has 4 heteroatoms. The molecule has 1 saturated heterocycles. The molecule has 0 saturated carbocycles. The van der Waals surface area contributed by atoms with Crippen LogP contribution in [0.2, 0.25) is 0 Å². The molecule has 3 nitrogen and oxygen atoms in total. The summed E-state index contributed by atoms with van der Waals surface area (Å²) >= 11 is 3.59. The van der Waals surface area contributed by atoms with Gasteiger partial charge in [-0.2, -0.15) is 0 Å². The minimum Gasteiger partial charge on any atom is -0.487 e. The van der Waals surface area contributed by atoms with Crippen LogP contribution >= 0.6 is 15.9 Å². The zero-order chi connectivity index (χ0) is 15.7. The number of ether oxygens (including phenoxy) is 2. The molecule has 0 amide bonds. The molecule has 1 atom stereocenters. The van der Waals surface area contributed by atoms with E-state index in [4.69, 9.17) is 9.47 Å². The summed E-state index contributed by atoms with van der Waals surface area (Å²) in [5.41, 5.74) is 0.819. The molecule has 2 rings (SSSR count). The number of rotatable bonds is 5. The van der Waals surface area contributed by atoms with Crippen LogP contribution in [-0.2, 0) is 11.3 Å². The molecular weight excluding hydrogens is 330 g/mol. The number of hydrogen-bond acceptors (Lipinski definition) is 3. The predicted molar refractivity (Wildman–Crippen MR) is 89.8 cm³/mol. The first-order chi connectivity index (χ1) is 9.73. The van der Waals surface area contributed by atoms with Gasteiger partial charge in [-0.1, -0.05) is 22.9 Å². The third kappa shape index (κ3) is 4.21. The van der Waals surface area contributed by atoms with Crippen LogP contribution in [0.5, 0.6) is 5.75 Å². The van der Waals surface area contributed by atoms with Crippen molar-refractivity contribution in [2.24, 2.45) is 0 Å². The molecule has 1 aliphatic heterocycles. The van der Waals surface area contributed by atoms with Gasteiger partial charge in [0.05, 0.1) is 5.60 Å². The quantitative estimate of drug-likeness (QED) is 0.854. The second-order valence-corrected chi connectivity index (χ2v) is 7.66. The summed E-state index contributed by atoms with van der Waals surface area (Å²) in [5.74, 6) is 0.908. The minimum atomic E-state index is -0.265. The van der Waals surface area contributed by atoms with Crippen molar-refractivity contribution in [3.05, 3.63) is 28.2 Å². The molecule has 0 aliphatic carbocycles. The van der Waals surface area contributed by atoms with Crippen LogP contribution in [0.25, 0.3) is 0 Å². The molecule has 0 bridgehead atoms. The first-order valence-corrected chi connectivity index (χ1v) is 8.39. The van der Waals surface area contributed by atoms with Crippen molar-refractivity contribution in [1.29, 1.82) is 0 Å². The molecule has 118 valence electrons. The van der Waals surface area contributed by atoms with Gasteiger partial charge in [0, 0.05) is 17.4 Å². The highest BCUT2D eigenvalue weighted by molar-refractivity contribution is 9.10. The smallest absolute Gasteiger partial charge is 0.130 e. The van der Waals surface area contributed by atoms with E-state index in [1.807, 2.05) is 6.07 Å². The lowest BCUT2D eigenvalue weighted by Crippen LogP contribution is -2.36. The van der Waals surface area contributed by atoms with Crippen molar-refractivity contribution >= 4 is 15.9 Å². The van der Waals surface area contributed by atoms with Crippen LogP contribution < -0.4 is 10.1 Å². The summed E-state index contributed by atoms with van der Waals surface area (Å²) in [7, 11) is 0. The van der Waals surface area contributed by atoms with Crippen LogP contribution in [0.4, 0.5) is 0 Å². The first kappa shape index (κ1) is 16.8. The molecule has 0 radical (unpaired) electrons. The lowest BCUT2D eigenvalue weighted by molar-refractivity contribution is -0.0846. The Hall–Kier alpha value is -0.580. The SMILES string of the molecule is CCNCc1cc(OC2CC(C)(C)OC2(C)C)ccc1Br. The molecule has 1 unspecified atom stereocenters. The van der Waals surface area contributed by atoms with Crippen molar-refractivity contribution < 1.29 is 9.47 Å². The van der Waals surface area contributed by atoms with Crippen molar-refractivity contribution in [1.82, 2.24) is 5.32 Å². The van der Waals surface area contributed by atoms with Crippen molar-refractivity contribution in [3.8, 4) is 5.75 Å². The van der Waals surface area contributed by atoms with Crippen LogP contribution in [0.3, 0.4) is 0 Å². The fourth-order valence-corrected chi connectivity index (χ4v) is 3.27. The molecule has 21 heavy (non-hydrogen) atoms. The lowest BCUT2D eigenvalue weighted by atomic mass is 9.97. The van der Waals surface area contributed by atoms with E-state index in [9.17, 15) is 0 Å². The van der Waals surface area contributed by atoms with E-state index in [1.165, 1.54) is 5.56 Å². The molecule has 1 aliphatic rings. The maximum Gasteiger partial charge on any atom is 0.130 e. The average molecular weight is 356 g/mol. The Morgan fingerprint density at radius 3 is 2.62 bits per heavy atom. The third-order valence-corrected chi connectivity index (χ3v) is 4.63. The molecule has 1 fully saturated rings. The summed E-state index contributed by atoms with van der Waals surface area (Å²) in [4.78, 5) is 0. The molecule has 1 heterocycles. The Morgan fingerprint density at radius 2 is 2.05 bits per heavy atom. The Balaban J connectivity index is 2.13. The van der Waals surface area contributed by atoms with Crippen LogP contribution in [0.1, 0.15) is 46.6 Å². The van der Waals surface area contributed by atoms with E-state index < -0.39 is 0 Å². The zero-order valence-electron chi connectivity index (χ0n) is 13.6. The maximum absolute atomic E-state index is 6.23. The van der Waals surface area contributed by atoms with E-state index in [0.29, 0.717) is 0 Å². The molecule has 0 aromatic heterocycles. The van der Waals surface area contributed by atoms with Gasteiger partial charge in [-0.25, -0.2) is 0 Å². The monoisotopic (exact) mass is 355 g/mol. The number of halogens is 1. The van der Waals surface area contributed by atoms with Gasteiger partial charge in [0.1, 0.15) is 17.5 Å². The molecule has 1 aromatic rings. The summed E-state index contributed by atoms with van der Waals surface area (Å²) in [6, 6.07) is 6.17. The van der Waals surface area contributed by atoms with E-state index in [-0.39, 0.29) is 17.3 Å². The normalized spacial score (nSPS) is 23.2. The van der Waals surface area contributed by atoms with E-state index in [1.54, 1.807) is 0 Å². The molecule has 0 spiro atoms. The summed E-state index contributed by atoms with van der Waals surface area (Å²) in [5, 5.41) is 3.35. The van der Waals surface area contributed by atoms with E-state index >= 15 is 0 Å². The molecule has 1 N–H and O–H groups in total. The van der Waals surface area contributed by atoms with Crippen molar-refractivity contribution in [2.45, 2.75) is 64.9 Å².